The molecule has 3 aromatic carbocycles. The second-order valence-electron chi connectivity index (χ2n) is 9.87. The van der Waals surface area contributed by atoms with Gasteiger partial charge in [-0.1, -0.05) is 42.5 Å². The summed E-state index contributed by atoms with van der Waals surface area (Å²) in [6.45, 7) is 1.34. The Balaban J connectivity index is 1.46. The van der Waals surface area contributed by atoms with Crippen molar-refractivity contribution in [3.05, 3.63) is 95.2 Å². The number of amides is 4. The highest BCUT2D eigenvalue weighted by atomic mass is 16.5. The molecule has 0 aliphatic carbocycles. The molecule has 3 atom stereocenters. The normalized spacial score (nSPS) is 18.9. The predicted molar refractivity (Wildman–Crippen MR) is 146 cm³/mol. The summed E-state index contributed by atoms with van der Waals surface area (Å²) in [4.78, 5) is 58.6. The third kappa shape index (κ3) is 3.87. The predicted octanol–water partition coefficient (Wildman–Crippen LogP) is 3.86. The number of anilines is 1. The summed E-state index contributed by atoms with van der Waals surface area (Å²) in [7, 11) is 1.58. The molecule has 3 heterocycles. The number of carbonyl (C=O) groups excluding carboxylic acids is 3. The largest absolute Gasteiger partial charge is 0.497 e. The monoisotopic (exact) mass is 538 g/mol. The number of imide groups is 1. The number of nitrogens with one attached hydrogen (secondary N) is 2. The summed E-state index contributed by atoms with van der Waals surface area (Å²) in [6.07, 6.45) is 0.303. The molecule has 202 valence electrons. The molecule has 0 unspecified atom stereocenters. The van der Waals surface area contributed by atoms with Crippen molar-refractivity contribution >= 4 is 40.4 Å². The van der Waals surface area contributed by atoms with E-state index < -0.39 is 41.9 Å². The number of para-hydroxylation sites is 2. The zero-order valence-corrected chi connectivity index (χ0v) is 21.8. The maximum absolute atomic E-state index is 14.2. The molecular weight excluding hydrogens is 512 g/mol. The number of hydrogen-bond donors (Lipinski definition) is 3. The number of carboxylic acid groups (broad SMARTS) is 1. The Hall–Kier alpha value is -5.12. The van der Waals surface area contributed by atoms with Crippen LogP contribution >= 0.6 is 0 Å². The molecule has 3 N–H and O–H groups in total. The minimum absolute atomic E-state index is 0.0297. The van der Waals surface area contributed by atoms with E-state index in [0.717, 1.165) is 32.6 Å². The van der Waals surface area contributed by atoms with Crippen molar-refractivity contribution in [2.75, 3.05) is 12.0 Å². The van der Waals surface area contributed by atoms with Crippen molar-refractivity contribution in [1.82, 2.24) is 15.2 Å². The molecule has 6 rings (SSSR count). The van der Waals surface area contributed by atoms with E-state index in [2.05, 4.69) is 10.3 Å². The van der Waals surface area contributed by atoms with Gasteiger partial charge in [0.2, 0.25) is 0 Å². The van der Waals surface area contributed by atoms with Crippen LogP contribution in [-0.4, -0.2) is 58.0 Å². The molecule has 10 heteroatoms. The van der Waals surface area contributed by atoms with Crippen LogP contribution < -0.4 is 15.0 Å². The number of urea groups is 1. The highest BCUT2D eigenvalue weighted by Crippen LogP contribution is 2.45. The van der Waals surface area contributed by atoms with E-state index in [0.29, 0.717) is 12.2 Å². The Morgan fingerprint density at radius 2 is 1.73 bits per heavy atom. The maximum atomic E-state index is 14.2. The van der Waals surface area contributed by atoms with Crippen molar-refractivity contribution in [3.63, 3.8) is 0 Å². The van der Waals surface area contributed by atoms with Crippen LogP contribution in [0.4, 0.5) is 10.5 Å². The van der Waals surface area contributed by atoms with Gasteiger partial charge < -0.3 is 20.1 Å². The van der Waals surface area contributed by atoms with Gasteiger partial charge in [0.15, 0.2) is 0 Å². The second-order valence-corrected chi connectivity index (χ2v) is 9.87. The first-order valence-corrected chi connectivity index (χ1v) is 12.8. The topological polar surface area (TPSA) is 132 Å². The van der Waals surface area contributed by atoms with Crippen LogP contribution in [0.2, 0.25) is 0 Å². The number of ether oxygens (including phenoxy) is 1. The summed E-state index contributed by atoms with van der Waals surface area (Å²) >= 11 is 0. The second kappa shape index (κ2) is 9.57. The molecule has 1 saturated heterocycles. The lowest BCUT2D eigenvalue weighted by molar-refractivity contribution is -0.138. The third-order valence-electron chi connectivity index (χ3n) is 7.59. The minimum Gasteiger partial charge on any atom is -0.497 e. The van der Waals surface area contributed by atoms with Gasteiger partial charge in [-0.05, 0) is 48.4 Å². The molecular formula is C30H26N4O6. The molecule has 1 fully saturated rings. The van der Waals surface area contributed by atoms with Crippen molar-refractivity contribution in [2.45, 2.75) is 31.5 Å². The fraction of sp³-hybridized carbons (Fsp3) is 0.200. The lowest BCUT2D eigenvalue weighted by Crippen LogP contribution is -2.44. The molecule has 2 aliphatic heterocycles. The average molecular weight is 539 g/mol. The van der Waals surface area contributed by atoms with Crippen LogP contribution in [-0.2, 0) is 16.0 Å². The number of hydrogen-bond acceptors (Lipinski definition) is 5. The van der Waals surface area contributed by atoms with Crippen LogP contribution in [0, 0.1) is 0 Å². The van der Waals surface area contributed by atoms with Crippen LogP contribution in [0.25, 0.3) is 10.9 Å². The molecule has 4 aromatic rings. The number of nitrogens with zero attached hydrogens (tertiary/aromatic N) is 2. The first-order valence-electron chi connectivity index (χ1n) is 12.8. The van der Waals surface area contributed by atoms with Gasteiger partial charge in [-0.25, -0.2) is 9.69 Å². The molecule has 0 saturated carbocycles. The summed E-state index contributed by atoms with van der Waals surface area (Å²) in [5.74, 6) is -1.69. The Labute approximate surface area is 229 Å². The van der Waals surface area contributed by atoms with Gasteiger partial charge in [0.25, 0.3) is 11.8 Å². The number of aromatic amines is 1. The highest BCUT2D eigenvalue weighted by molar-refractivity contribution is 6.24. The number of benzene rings is 3. The number of H-pyrrole nitrogens is 1. The Bertz CT molecular complexity index is 1680. The van der Waals surface area contributed by atoms with E-state index in [1.807, 2.05) is 48.5 Å². The van der Waals surface area contributed by atoms with Crippen LogP contribution in [0.15, 0.2) is 72.8 Å². The van der Waals surface area contributed by atoms with E-state index in [1.54, 1.807) is 24.1 Å². The highest BCUT2D eigenvalue weighted by Gasteiger charge is 2.53. The number of carboxylic acids is 1. The van der Waals surface area contributed by atoms with E-state index >= 15 is 0 Å². The molecule has 4 amide bonds. The van der Waals surface area contributed by atoms with Gasteiger partial charge in [-0.15, -0.1) is 0 Å². The first kappa shape index (κ1) is 25.2. The van der Waals surface area contributed by atoms with Gasteiger partial charge in [0.05, 0.1) is 18.4 Å². The van der Waals surface area contributed by atoms with Gasteiger partial charge >= 0.3 is 12.0 Å². The smallest absolute Gasteiger partial charge is 0.332 e. The Morgan fingerprint density at radius 1 is 1.02 bits per heavy atom. The molecule has 0 spiro atoms. The lowest BCUT2D eigenvalue weighted by Gasteiger charge is -2.36. The van der Waals surface area contributed by atoms with Crippen LogP contribution in [0.5, 0.6) is 5.75 Å². The number of aromatic nitrogens is 1. The summed E-state index contributed by atoms with van der Waals surface area (Å²) in [5.41, 5.74) is 3.63. The van der Waals surface area contributed by atoms with Crippen molar-refractivity contribution < 1.29 is 29.0 Å². The quantitative estimate of drug-likeness (QED) is 0.320. The Kier molecular flexibility index (Phi) is 6.02. The minimum atomic E-state index is -1.20. The fourth-order valence-corrected chi connectivity index (χ4v) is 5.63. The number of aliphatic carboxylic acids is 1. The zero-order valence-electron chi connectivity index (χ0n) is 21.8. The van der Waals surface area contributed by atoms with Crippen molar-refractivity contribution in [3.8, 4) is 5.75 Å². The number of fused-ring (bicyclic) bond motifs is 4. The molecule has 2 aliphatic rings. The maximum Gasteiger partial charge on any atom is 0.332 e. The first-order chi connectivity index (χ1) is 19.3. The lowest BCUT2D eigenvalue weighted by atomic mass is 9.89. The van der Waals surface area contributed by atoms with Gasteiger partial charge in [-0.2, -0.15) is 0 Å². The van der Waals surface area contributed by atoms with E-state index in [4.69, 9.17) is 4.74 Å². The zero-order chi connectivity index (χ0) is 28.1. The summed E-state index contributed by atoms with van der Waals surface area (Å²) in [5, 5.41) is 12.6. The standard InChI is InChI=1S/C30H26N4O6/c1-16(29(37)38)31-27(35)20-8-4-6-10-23(20)34-28(36)24-15-21-19-7-3-5-9-22(19)32-25(21)26(33(24)30(34)39)17-11-13-18(40-2)14-12-17/h3-14,16,24,26,32H,15H2,1-2H3,(H,31,35)(H,37,38)/t16-,24+,26+/m1/s1. The number of rotatable bonds is 6. The van der Waals surface area contributed by atoms with Crippen molar-refractivity contribution in [2.24, 2.45) is 0 Å². The average Bonchev–Trinajstić information content (AvgIpc) is 3.46. The fourth-order valence-electron chi connectivity index (χ4n) is 5.63. The van der Waals surface area contributed by atoms with Gasteiger partial charge in [0, 0.05) is 23.0 Å². The molecule has 10 nitrogen and oxygen atoms in total. The van der Waals surface area contributed by atoms with Crippen LogP contribution in [0.1, 0.15) is 40.1 Å². The number of carbonyl (C=O) groups is 4. The SMILES string of the molecule is COc1ccc([C@H]2c3[nH]c4ccccc4c3C[C@H]3C(=O)N(c4ccccc4C(=O)N[C@H](C)C(=O)O)C(=O)N23)cc1. The van der Waals surface area contributed by atoms with E-state index in [9.17, 15) is 24.3 Å². The van der Waals surface area contributed by atoms with Gasteiger partial charge in [0.1, 0.15) is 23.9 Å². The number of methoxy groups -OCH3 is 1. The molecule has 40 heavy (non-hydrogen) atoms. The molecule has 1 aromatic heterocycles. The van der Waals surface area contributed by atoms with Gasteiger partial charge in [-0.3, -0.25) is 19.3 Å². The Morgan fingerprint density at radius 3 is 2.45 bits per heavy atom. The van der Waals surface area contributed by atoms with Crippen molar-refractivity contribution in [1.29, 1.82) is 0 Å². The summed E-state index contributed by atoms with van der Waals surface area (Å²) < 4.78 is 5.33. The molecule has 0 radical (unpaired) electrons. The third-order valence-corrected chi connectivity index (χ3v) is 7.59. The van der Waals surface area contributed by atoms with E-state index in [-0.39, 0.29) is 11.3 Å². The molecule has 0 bridgehead atoms. The van der Waals surface area contributed by atoms with E-state index in [1.165, 1.54) is 19.1 Å². The van der Waals surface area contributed by atoms with Crippen LogP contribution in [0.3, 0.4) is 0 Å². The summed E-state index contributed by atoms with van der Waals surface area (Å²) in [6, 6.07) is 18.3.